The molecule has 140 valence electrons. The number of fused-ring (bicyclic) bond motifs is 4. The molecule has 3 aliphatic carbocycles. The molecule has 0 radical (unpaired) electrons. The molecule has 0 aliphatic heterocycles. The van der Waals surface area contributed by atoms with E-state index in [1.54, 1.807) is 18.3 Å². The Morgan fingerprint density at radius 2 is 1.92 bits per heavy atom. The maximum absolute atomic E-state index is 12.9. The molecule has 1 amide bonds. The highest BCUT2D eigenvalue weighted by molar-refractivity contribution is 6.39. The molecule has 0 unspecified atom stereocenters. The third kappa shape index (κ3) is 3.23. The molecule has 2 aromatic rings. The number of rotatable bonds is 5. The van der Waals surface area contributed by atoms with Crippen molar-refractivity contribution in [3.05, 3.63) is 33.9 Å². The molecule has 1 aromatic carbocycles. The summed E-state index contributed by atoms with van der Waals surface area (Å²) in [5, 5.41) is 14.2. The average Bonchev–Trinajstić information content (AvgIpc) is 3.00. The van der Waals surface area contributed by atoms with Gasteiger partial charge in [0.15, 0.2) is 0 Å². The first-order valence-corrected chi connectivity index (χ1v) is 10.1. The molecule has 5 rings (SSSR count). The number of aromatic nitrogens is 1. The number of carbonyl (C=O) groups is 1. The molecule has 0 spiro atoms. The monoisotopic (exact) mass is 394 g/mol. The number of aliphatic hydroxyl groups excluding tert-OH is 1. The summed E-state index contributed by atoms with van der Waals surface area (Å²) >= 11 is 12.5. The van der Waals surface area contributed by atoms with Gasteiger partial charge in [0.2, 0.25) is 0 Å². The molecule has 3 fully saturated rings. The molecule has 3 aliphatic rings. The Kier molecular flexibility index (Phi) is 4.93. The second kappa shape index (κ2) is 7.06. The van der Waals surface area contributed by atoms with E-state index < -0.39 is 0 Å². The maximum Gasteiger partial charge on any atom is 0.253 e. The van der Waals surface area contributed by atoms with Crippen molar-refractivity contribution >= 4 is 40.0 Å². The van der Waals surface area contributed by atoms with Gasteiger partial charge in [0.1, 0.15) is 0 Å². The Labute approximate surface area is 163 Å². The molecule has 4 nitrogen and oxygen atoms in total. The van der Waals surface area contributed by atoms with Gasteiger partial charge in [-0.2, -0.15) is 0 Å². The molecule has 26 heavy (non-hydrogen) atoms. The van der Waals surface area contributed by atoms with Gasteiger partial charge in [-0.05, 0) is 62.0 Å². The number of hydrogen-bond acceptors (Lipinski definition) is 2. The largest absolute Gasteiger partial charge is 0.395 e. The summed E-state index contributed by atoms with van der Waals surface area (Å²) in [6.45, 7) is 1.11. The highest BCUT2D eigenvalue weighted by Crippen LogP contribution is 2.49. The first kappa shape index (κ1) is 18.1. The molecule has 1 aromatic heterocycles. The third-order valence-electron chi connectivity index (χ3n) is 6.36. The third-order valence-corrected chi connectivity index (χ3v) is 6.87. The zero-order chi connectivity index (χ0) is 18.3. The van der Waals surface area contributed by atoms with Gasteiger partial charge in [0.05, 0.1) is 22.7 Å². The zero-order valence-electron chi connectivity index (χ0n) is 14.7. The second-order valence-corrected chi connectivity index (χ2v) is 8.75. The highest BCUT2D eigenvalue weighted by atomic mass is 35.5. The van der Waals surface area contributed by atoms with E-state index in [1.807, 2.05) is 4.57 Å². The van der Waals surface area contributed by atoms with Crippen LogP contribution in [0.25, 0.3) is 10.9 Å². The zero-order valence-corrected chi connectivity index (χ0v) is 16.2. The van der Waals surface area contributed by atoms with E-state index in [-0.39, 0.29) is 17.9 Å². The summed E-state index contributed by atoms with van der Waals surface area (Å²) in [4.78, 5) is 12.9. The van der Waals surface area contributed by atoms with Gasteiger partial charge in [-0.1, -0.05) is 23.2 Å². The number of carbonyl (C=O) groups excluding carboxylic acids is 1. The predicted octanol–water partition coefficient (Wildman–Crippen LogP) is 4.64. The fourth-order valence-corrected chi connectivity index (χ4v) is 5.36. The van der Waals surface area contributed by atoms with Crippen LogP contribution in [0.4, 0.5) is 0 Å². The summed E-state index contributed by atoms with van der Waals surface area (Å²) in [6, 6.07) is 3.45. The number of nitrogens with one attached hydrogen (secondary N) is 1. The lowest BCUT2D eigenvalue weighted by Gasteiger charge is -2.46. The summed E-state index contributed by atoms with van der Waals surface area (Å²) in [6.07, 6.45) is 9.34. The molecular formula is C20H24Cl2N2O2. The van der Waals surface area contributed by atoms with E-state index >= 15 is 0 Å². The Balaban J connectivity index is 1.60. The number of halogens is 2. The van der Waals surface area contributed by atoms with Gasteiger partial charge >= 0.3 is 0 Å². The molecule has 0 atom stereocenters. The van der Waals surface area contributed by atoms with E-state index in [9.17, 15) is 9.90 Å². The smallest absolute Gasteiger partial charge is 0.253 e. The van der Waals surface area contributed by atoms with Crippen molar-refractivity contribution in [3.63, 3.8) is 0 Å². The van der Waals surface area contributed by atoms with Gasteiger partial charge in [-0.3, -0.25) is 4.79 Å². The summed E-state index contributed by atoms with van der Waals surface area (Å²) in [5.74, 6) is 0.811. The van der Waals surface area contributed by atoms with Gasteiger partial charge in [-0.15, -0.1) is 0 Å². The number of benzene rings is 1. The molecule has 1 heterocycles. The second-order valence-electron chi connectivity index (χ2n) is 7.91. The number of hydrogen-bond donors (Lipinski definition) is 2. The van der Waals surface area contributed by atoms with E-state index in [0.717, 1.165) is 18.0 Å². The lowest BCUT2D eigenvalue weighted by atomic mass is 9.61. The van der Waals surface area contributed by atoms with Crippen molar-refractivity contribution in [1.29, 1.82) is 0 Å². The van der Waals surface area contributed by atoms with Gasteiger partial charge < -0.3 is 15.0 Å². The number of nitrogens with zero attached hydrogens (tertiary/aromatic N) is 1. The minimum Gasteiger partial charge on any atom is -0.395 e. The average molecular weight is 395 g/mol. The van der Waals surface area contributed by atoms with Crippen molar-refractivity contribution in [2.45, 2.75) is 45.1 Å². The van der Waals surface area contributed by atoms with E-state index in [1.165, 1.54) is 38.5 Å². The van der Waals surface area contributed by atoms with Crippen LogP contribution in [0.5, 0.6) is 0 Å². The molecule has 2 N–H and O–H groups in total. The van der Waals surface area contributed by atoms with Gasteiger partial charge in [-0.25, -0.2) is 0 Å². The van der Waals surface area contributed by atoms with Crippen LogP contribution >= 0.6 is 23.2 Å². The van der Waals surface area contributed by atoms with Crippen molar-refractivity contribution in [2.75, 3.05) is 13.2 Å². The number of aliphatic hydroxyl groups is 1. The topological polar surface area (TPSA) is 54.3 Å². The Morgan fingerprint density at radius 1 is 1.23 bits per heavy atom. The Morgan fingerprint density at radius 3 is 2.58 bits per heavy atom. The fourth-order valence-electron chi connectivity index (χ4n) is 4.78. The van der Waals surface area contributed by atoms with E-state index in [2.05, 4.69) is 5.32 Å². The molecule has 3 saturated carbocycles. The van der Waals surface area contributed by atoms with Crippen LogP contribution in [0.3, 0.4) is 0 Å². The molecule has 6 heteroatoms. The number of amides is 1. The van der Waals surface area contributed by atoms with Crippen molar-refractivity contribution in [1.82, 2.24) is 9.88 Å². The minimum atomic E-state index is -0.0991. The van der Waals surface area contributed by atoms with Gasteiger partial charge in [0, 0.05) is 29.7 Å². The maximum atomic E-state index is 12.9. The lowest BCUT2D eigenvalue weighted by Crippen LogP contribution is -2.43. The van der Waals surface area contributed by atoms with E-state index in [0.29, 0.717) is 27.5 Å². The molecule has 2 bridgehead atoms. The van der Waals surface area contributed by atoms with Crippen LogP contribution < -0.4 is 5.32 Å². The van der Waals surface area contributed by atoms with Crippen LogP contribution in [0.2, 0.25) is 10.0 Å². The standard InChI is InChI=1S/C20H24Cl2N2O2/c21-14-9-16(22)18-15(11-24(7-8-25)17(18)10-14)19(26)23-12-20-4-1-13(2-5-20)3-6-20/h9-11,13,25H,1-8,12H2,(H,23,26). The molecule has 0 saturated heterocycles. The van der Waals surface area contributed by atoms with Crippen molar-refractivity contribution < 1.29 is 9.90 Å². The highest BCUT2D eigenvalue weighted by Gasteiger charge is 2.40. The normalized spacial score (nSPS) is 25.0. The fraction of sp³-hybridized carbons (Fsp3) is 0.550. The summed E-state index contributed by atoms with van der Waals surface area (Å²) < 4.78 is 1.84. The molecular weight excluding hydrogens is 371 g/mol. The SMILES string of the molecule is O=C(NCC12CCC(CC1)CC2)c1cn(CCO)c2cc(Cl)cc(Cl)c12. The lowest BCUT2D eigenvalue weighted by molar-refractivity contribution is 0.0598. The first-order valence-electron chi connectivity index (χ1n) is 9.38. The van der Waals surface area contributed by atoms with E-state index in [4.69, 9.17) is 23.2 Å². The summed E-state index contributed by atoms with van der Waals surface area (Å²) in [5.41, 5.74) is 1.61. The minimum absolute atomic E-state index is 0.0146. The van der Waals surface area contributed by atoms with Crippen molar-refractivity contribution in [3.8, 4) is 0 Å². The Bertz CT molecular complexity index is 824. The van der Waals surface area contributed by atoms with Crippen molar-refractivity contribution in [2.24, 2.45) is 11.3 Å². The van der Waals surface area contributed by atoms with Crippen LogP contribution in [-0.4, -0.2) is 28.7 Å². The van der Waals surface area contributed by atoms with Crippen LogP contribution in [-0.2, 0) is 6.54 Å². The predicted molar refractivity (Wildman–Crippen MR) is 105 cm³/mol. The van der Waals surface area contributed by atoms with Crippen LogP contribution in [0.1, 0.15) is 48.9 Å². The first-order chi connectivity index (χ1) is 12.5. The van der Waals surface area contributed by atoms with Gasteiger partial charge in [0.25, 0.3) is 5.91 Å². The quantitative estimate of drug-likeness (QED) is 0.775. The Hall–Kier alpha value is -1.23. The van der Waals surface area contributed by atoms with Crippen LogP contribution in [0.15, 0.2) is 18.3 Å². The summed E-state index contributed by atoms with van der Waals surface area (Å²) in [7, 11) is 0. The van der Waals surface area contributed by atoms with Crippen LogP contribution in [0, 0.1) is 11.3 Å².